The van der Waals surface area contributed by atoms with Gasteiger partial charge in [0, 0.05) is 13.1 Å². The van der Waals surface area contributed by atoms with Gasteiger partial charge in [-0.15, -0.1) is 0 Å². The molecule has 0 radical (unpaired) electrons. The number of carbonyl (C=O) groups is 1. The minimum absolute atomic E-state index is 0.0800. The second kappa shape index (κ2) is 6.40. The molecule has 0 saturated carbocycles. The fourth-order valence-corrected chi connectivity index (χ4v) is 5.03. The Morgan fingerprint density at radius 3 is 2.92 bits per heavy atom. The van der Waals surface area contributed by atoms with E-state index in [2.05, 4.69) is 9.97 Å². The van der Waals surface area contributed by atoms with E-state index >= 15 is 0 Å². The molecule has 1 aliphatic rings. The highest BCUT2D eigenvalue weighted by molar-refractivity contribution is 7.89. The number of aliphatic hydroxyl groups excluding tert-OH is 1. The Labute approximate surface area is 145 Å². The van der Waals surface area contributed by atoms with Gasteiger partial charge in [0.1, 0.15) is 5.41 Å². The van der Waals surface area contributed by atoms with Crippen molar-refractivity contribution in [3.8, 4) is 0 Å². The van der Waals surface area contributed by atoms with Crippen LogP contribution in [0.2, 0.25) is 0 Å². The van der Waals surface area contributed by atoms with Crippen LogP contribution in [0.5, 0.6) is 0 Å². The summed E-state index contributed by atoms with van der Waals surface area (Å²) in [4.78, 5) is 18.8. The summed E-state index contributed by atoms with van der Waals surface area (Å²) < 4.78 is 27.2. The van der Waals surface area contributed by atoms with Gasteiger partial charge >= 0.3 is 5.97 Å². The molecule has 9 heteroatoms. The molecule has 0 unspecified atom stereocenters. The number of hydrogen-bond acceptors (Lipinski definition) is 5. The summed E-state index contributed by atoms with van der Waals surface area (Å²) in [6.45, 7) is 1.67. The number of nitrogens with zero attached hydrogens (tertiary/aromatic N) is 2. The molecule has 1 aromatic heterocycles. The second-order valence-electron chi connectivity index (χ2n) is 6.44. The van der Waals surface area contributed by atoms with Gasteiger partial charge in [-0.1, -0.05) is 13.3 Å². The number of sulfonamides is 1. The highest BCUT2D eigenvalue weighted by Gasteiger charge is 2.50. The SMILES string of the molecule is CCC[C@]1(C(=O)O)CN(S(=O)(=O)c2ccc3nc[nH]c3c2)CC[C@@H]1O. The molecule has 3 N–H and O–H groups in total. The molecule has 8 nitrogen and oxygen atoms in total. The lowest BCUT2D eigenvalue weighted by atomic mass is 9.74. The molecule has 1 aliphatic heterocycles. The first-order chi connectivity index (χ1) is 11.8. The van der Waals surface area contributed by atoms with Crippen LogP contribution in [0.1, 0.15) is 26.2 Å². The quantitative estimate of drug-likeness (QED) is 0.729. The largest absolute Gasteiger partial charge is 0.481 e. The van der Waals surface area contributed by atoms with Gasteiger partial charge in [-0.2, -0.15) is 4.31 Å². The van der Waals surface area contributed by atoms with E-state index in [1.54, 1.807) is 6.07 Å². The van der Waals surface area contributed by atoms with Crippen LogP contribution < -0.4 is 0 Å². The van der Waals surface area contributed by atoms with Crippen LogP contribution in [0.4, 0.5) is 0 Å². The summed E-state index contributed by atoms with van der Waals surface area (Å²) in [5.41, 5.74) is -0.229. The predicted octanol–water partition coefficient (Wildman–Crippen LogP) is 1.19. The van der Waals surface area contributed by atoms with Crippen LogP contribution in [-0.4, -0.2) is 58.1 Å². The first-order valence-electron chi connectivity index (χ1n) is 8.16. The monoisotopic (exact) mass is 367 g/mol. The minimum Gasteiger partial charge on any atom is -0.481 e. The molecule has 1 fully saturated rings. The second-order valence-corrected chi connectivity index (χ2v) is 8.37. The Morgan fingerprint density at radius 2 is 2.24 bits per heavy atom. The van der Waals surface area contributed by atoms with Crippen LogP contribution in [0.3, 0.4) is 0 Å². The Hall–Kier alpha value is -1.97. The van der Waals surface area contributed by atoms with Gasteiger partial charge in [0.25, 0.3) is 0 Å². The van der Waals surface area contributed by atoms with E-state index in [-0.39, 0.29) is 30.8 Å². The van der Waals surface area contributed by atoms with Crippen molar-refractivity contribution in [2.45, 2.75) is 37.2 Å². The number of H-pyrrole nitrogens is 1. The number of carboxylic acid groups (broad SMARTS) is 1. The standard InChI is InChI=1S/C16H21N3O5S/c1-2-6-16(15(21)22)9-19(7-5-14(16)20)25(23,24)11-3-4-12-13(8-11)18-10-17-12/h3-4,8,10,14,20H,2,5-7,9H2,1H3,(H,17,18)(H,21,22)/t14-,16-/m0/s1. The smallest absolute Gasteiger partial charge is 0.313 e. The van der Waals surface area contributed by atoms with Gasteiger partial charge in [0.05, 0.1) is 28.4 Å². The molecule has 0 aliphatic carbocycles. The number of fused-ring (bicyclic) bond motifs is 1. The van der Waals surface area contributed by atoms with E-state index < -0.39 is 27.5 Å². The zero-order chi connectivity index (χ0) is 18.2. The van der Waals surface area contributed by atoms with Crippen LogP contribution in [-0.2, 0) is 14.8 Å². The van der Waals surface area contributed by atoms with Gasteiger partial charge in [-0.25, -0.2) is 13.4 Å². The van der Waals surface area contributed by atoms with Crippen LogP contribution in [0.25, 0.3) is 11.0 Å². The van der Waals surface area contributed by atoms with E-state index in [1.807, 2.05) is 6.92 Å². The first kappa shape index (κ1) is 17.8. The lowest BCUT2D eigenvalue weighted by Crippen LogP contribution is -2.57. The van der Waals surface area contributed by atoms with Gasteiger partial charge in [-0.3, -0.25) is 4.79 Å². The molecule has 136 valence electrons. The number of hydrogen-bond donors (Lipinski definition) is 3. The van der Waals surface area contributed by atoms with Gasteiger partial charge in [0.15, 0.2) is 0 Å². The molecule has 0 spiro atoms. The number of aromatic nitrogens is 2. The van der Waals surface area contributed by atoms with Gasteiger partial charge in [-0.05, 0) is 31.0 Å². The lowest BCUT2D eigenvalue weighted by molar-refractivity contribution is -0.161. The van der Waals surface area contributed by atoms with Gasteiger partial charge < -0.3 is 15.2 Å². The summed E-state index contributed by atoms with van der Waals surface area (Å²) in [6.07, 6.45) is 1.27. The molecular formula is C16H21N3O5S. The number of aliphatic carboxylic acids is 1. The summed E-state index contributed by atoms with van der Waals surface area (Å²) in [5.74, 6) is -1.16. The Bertz CT molecular complexity index is 894. The fraction of sp³-hybridized carbons (Fsp3) is 0.500. The average Bonchev–Trinajstić information content (AvgIpc) is 3.04. The Kier molecular flexibility index (Phi) is 4.56. The molecule has 2 atom stereocenters. The molecular weight excluding hydrogens is 346 g/mol. The van der Waals surface area contributed by atoms with Crippen molar-refractivity contribution in [3.05, 3.63) is 24.5 Å². The fourth-order valence-electron chi connectivity index (χ4n) is 3.48. The Morgan fingerprint density at radius 1 is 1.48 bits per heavy atom. The average molecular weight is 367 g/mol. The normalized spacial score (nSPS) is 25.3. The van der Waals surface area contributed by atoms with Crippen molar-refractivity contribution >= 4 is 27.0 Å². The zero-order valence-corrected chi connectivity index (χ0v) is 14.7. The zero-order valence-electron chi connectivity index (χ0n) is 13.8. The van der Waals surface area contributed by atoms with Gasteiger partial charge in [0.2, 0.25) is 10.0 Å². The first-order valence-corrected chi connectivity index (χ1v) is 9.60. The number of carboxylic acids is 1. The van der Waals surface area contributed by atoms with Crippen molar-refractivity contribution in [1.82, 2.24) is 14.3 Å². The lowest BCUT2D eigenvalue weighted by Gasteiger charge is -2.42. The number of aliphatic hydroxyl groups is 1. The summed E-state index contributed by atoms with van der Waals surface area (Å²) in [5, 5.41) is 19.9. The topological polar surface area (TPSA) is 124 Å². The molecule has 3 rings (SSSR count). The highest BCUT2D eigenvalue weighted by atomic mass is 32.2. The third kappa shape index (κ3) is 2.92. The molecule has 1 saturated heterocycles. The third-order valence-corrected chi connectivity index (χ3v) is 6.74. The number of benzene rings is 1. The third-order valence-electron chi connectivity index (χ3n) is 4.90. The van der Waals surface area contributed by atoms with E-state index in [0.29, 0.717) is 17.5 Å². The molecule has 25 heavy (non-hydrogen) atoms. The molecule has 1 aromatic carbocycles. The van der Waals surface area contributed by atoms with Crippen LogP contribution in [0, 0.1) is 5.41 Å². The van der Waals surface area contributed by atoms with E-state index in [9.17, 15) is 23.4 Å². The minimum atomic E-state index is -3.87. The van der Waals surface area contributed by atoms with Crippen molar-refractivity contribution < 1.29 is 23.4 Å². The molecule has 2 aromatic rings. The van der Waals surface area contributed by atoms with Crippen molar-refractivity contribution in [2.75, 3.05) is 13.1 Å². The molecule has 0 bridgehead atoms. The van der Waals surface area contributed by atoms with E-state index in [4.69, 9.17) is 0 Å². The van der Waals surface area contributed by atoms with Crippen molar-refractivity contribution in [3.63, 3.8) is 0 Å². The summed E-state index contributed by atoms with van der Waals surface area (Å²) in [6, 6.07) is 4.56. The van der Waals surface area contributed by atoms with Crippen LogP contribution >= 0.6 is 0 Å². The number of imidazole rings is 1. The number of rotatable bonds is 5. The number of aromatic amines is 1. The predicted molar refractivity (Wildman–Crippen MR) is 90.5 cm³/mol. The number of piperidine rings is 1. The van der Waals surface area contributed by atoms with Crippen molar-refractivity contribution in [1.29, 1.82) is 0 Å². The molecule has 2 heterocycles. The summed E-state index contributed by atoms with van der Waals surface area (Å²) in [7, 11) is -3.87. The maximum atomic E-state index is 13.0. The van der Waals surface area contributed by atoms with Crippen molar-refractivity contribution in [2.24, 2.45) is 5.41 Å². The van der Waals surface area contributed by atoms with E-state index in [1.165, 1.54) is 22.8 Å². The molecule has 0 amide bonds. The highest BCUT2D eigenvalue weighted by Crippen LogP contribution is 2.37. The van der Waals surface area contributed by atoms with Crippen LogP contribution in [0.15, 0.2) is 29.4 Å². The maximum absolute atomic E-state index is 13.0. The van der Waals surface area contributed by atoms with E-state index in [0.717, 1.165) is 0 Å². The maximum Gasteiger partial charge on any atom is 0.313 e. The Balaban J connectivity index is 1.97. The number of nitrogens with one attached hydrogen (secondary N) is 1. The summed E-state index contributed by atoms with van der Waals surface area (Å²) >= 11 is 0.